The minimum absolute atomic E-state index is 0.176. The Kier molecular flexibility index (Phi) is 6.78. The van der Waals surface area contributed by atoms with Gasteiger partial charge in [-0.05, 0) is 52.2 Å². The zero-order chi connectivity index (χ0) is 19.3. The molecule has 0 aliphatic rings. The van der Waals surface area contributed by atoms with Crippen molar-refractivity contribution in [3.05, 3.63) is 30.1 Å². The summed E-state index contributed by atoms with van der Waals surface area (Å²) in [6.07, 6.45) is 3.12. The molecule has 0 radical (unpaired) electrons. The van der Waals surface area contributed by atoms with Crippen molar-refractivity contribution in [3.63, 3.8) is 0 Å². The molecule has 2 atom stereocenters. The molecule has 0 bridgehead atoms. The first-order chi connectivity index (χ1) is 11.5. The molecule has 0 aromatic carbocycles. The summed E-state index contributed by atoms with van der Waals surface area (Å²) in [4.78, 5) is 39.6. The second-order valence-electron chi connectivity index (χ2n) is 6.88. The van der Waals surface area contributed by atoms with Crippen molar-refractivity contribution in [2.45, 2.75) is 57.2 Å². The molecule has 138 valence electrons. The molecular formula is C17H25N3O5. The summed E-state index contributed by atoms with van der Waals surface area (Å²) in [5.41, 5.74) is 8.95. The molecule has 0 saturated heterocycles. The lowest BCUT2D eigenvalue weighted by Crippen LogP contribution is -2.57. The van der Waals surface area contributed by atoms with Gasteiger partial charge in [0.05, 0.1) is 6.04 Å². The minimum atomic E-state index is -2.18. The molecule has 0 aliphatic carbocycles. The molecule has 1 heterocycles. The van der Waals surface area contributed by atoms with E-state index in [1.807, 2.05) is 0 Å². The molecule has 8 nitrogen and oxygen atoms in total. The molecule has 0 aliphatic heterocycles. The normalized spacial score (nSPS) is 15.1. The predicted molar refractivity (Wildman–Crippen MR) is 90.8 cm³/mol. The lowest BCUT2D eigenvalue weighted by Gasteiger charge is -2.28. The van der Waals surface area contributed by atoms with Crippen molar-refractivity contribution in [2.75, 3.05) is 0 Å². The molecule has 1 aromatic rings. The van der Waals surface area contributed by atoms with E-state index in [1.54, 1.807) is 39.1 Å². The maximum Gasteiger partial charge on any atom is 0.338 e. The highest BCUT2D eigenvalue weighted by atomic mass is 16.6. The van der Waals surface area contributed by atoms with E-state index in [4.69, 9.17) is 16.2 Å². The second kappa shape index (κ2) is 8.17. The zero-order valence-electron chi connectivity index (χ0n) is 14.7. The van der Waals surface area contributed by atoms with Gasteiger partial charge in [-0.2, -0.15) is 0 Å². The molecule has 0 amide bonds. The Bertz CT molecular complexity index is 627. The average Bonchev–Trinajstić information content (AvgIpc) is 2.52. The highest BCUT2D eigenvalue weighted by Crippen LogP contribution is 2.19. The van der Waals surface area contributed by atoms with Crippen LogP contribution in [0.4, 0.5) is 0 Å². The molecule has 25 heavy (non-hydrogen) atoms. The lowest BCUT2D eigenvalue weighted by molar-refractivity contribution is -0.169. The van der Waals surface area contributed by atoms with E-state index >= 15 is 0 Å². The maximum atomic E-state index is 12.2. The number of ether oxygens (including phenoxy) is 1. The van der Waals surface area contributed by atoms with Gasteiger partial charge in [-0.3, -0.25) is 9.78 Å². The minimum Gasteiger partial charge on any atom is -0.479 e. The second-order valence-corrected chi connectivity index (χ2v) is 6.88. The van der Waals surface area contributed by atoms with Gasteiger partial charge < -0.3 is 21.3 Å². The van der Waals surface area contributed by atoms with Crippen LogP contribution in [-0.2, 0) is 14.3 Å². The van der Waals surface area contributed by atoms with Crippen LogP contribution in [0.3, 0.4) is 0 Å². The number of nitrogens with two attached hydrogens (primary N) is 2. The van der Waals surface area contributed by atoms with Gasteiger partial charge in [0.1, 0.15) is 5.60 Å². The number of carboxylic acids is 1. The zero-order valence-corrected chi connectivity index (χ0v) is 14.7. The average molecular weight is 351 g/mol. The number of hydrogen-bond donors (Lipinski definition) is 3. The van der Waals surface area contributed by atoms with Crippen molar-refractivity contribution < 1.29 is 24.2 Å². The van der Waals surface area contributed by atoms with Crippen LogP contribution in [0, 0.1) is 0 Å². The van der Waals surface area contributed by atoms with E-state index in [2.05, 4.69) is 4.98 Å². The Labute approximate surface area is 146 Å². The summed E-state index contributed by atoms with van der Waals surface area (Å²) in [5, 5.41) is 9.32. The van der Waals surface area contributed by atoms with E-state index in [0.717, 1.165) is 0 Å². The van der Waals surface area contributed by atoms with Gasteiger partial charge in [0, 0.05) is 18.0 Å². The Morgan fingerprint density at radius 2 is 1.96 bits per heavy atom. The third-order valence-electron chi connectivity index (χ3n) is 3.51. The summed E-state index contributed by atoms with van der Waals surface area (Å²) in [6.45, 7) is 4.86. The summed E-state index contributed by atoms with van der Waals surface area (Å²) in [6, 6.07) is 2.39. The molecular weight excluding hydrogens is 326 g/mol. The number of esters is 1. The number of hydrogen-bond acceptors (Lipinski definition) is 7. The predicted octanol–water partition coefficient (Wildman–Crippen LogP) is 0.886. The Morgan fingerprint density at radius 1 is 1.32 bits per heavy atom. The topological polar surface area (TPSA) is 146 Å². The van der Waals surface area contributed by atoms with Gasteiger partial charge in [0.15, 0.2) is 5.78 Å². The number of rotatable bonds is 8. The molecule has 1 rings (SSSR count). The van der Waals surface area contributed by atoms with Crippen LogP contribution in [0.5, 0.6) is 0 Å². The molecule has 1 unspecified atom stereocenters. The van der Waals surface area contributed by atoms with Crippen molar-refractivity contribution in [2.24, 2.45) is 11.5 Å². The van der Waals surface area contributed by atoms with Gasteiger partial charge in [0.25, 0.3) is 0 Å². The van der Waals surface area contributed by atoms with E-state index in [0.29, 0.717) is 5.56 Å². The highest BCUT2D eigenvalue weighted by molar-refractivity contribution is 6.04. The summed E-state index contributed by atoms with van der Waals surface area (Å²) in [5.74, 6) is -2.79. The van der Waals surface area contributed by atoms with Gasteiger partial charge in [-0.25, -0.2) is 9.59 Å². The quantitative estimate of drug-likeness (QED) is 0.355. The fraction of sp³-hybridized carbons (Fsp3) is 0.529. The molecule has 5 N–H and O–H groups in total. The largest absolute Gasteiger partial charge is 0.479 e. The van der Waals surface area contributed by atoms with Crippen LogP contribution in [0.25, 0.3) is 0 Å². The van der Waals surface area contributed by atoms with Gasteiger partial charge >= 0.3 is 11.9 Å². The van der Waals surface area contributed by atoms with Crippen LogP contribution in [-0.4, -0.2) is 45.0 Å². The van der Waals surface area contributed by atoms with Crippen molar-refractivity contribution in [3.8, 4) is 0 Å². The first-order valence-electron chi connectivity index (χ1n) is 7.93. The first kappa shape index (κ1) is 20.7. The summed E-state index contributed by atoms with van der Waals surface area (Å²) in [7, 11) is 0. The van der Waals surface area contributed by atoms with E-state index in [1.165, 1.54) is 6.20 Å². The number of Topliss-reactive ketones (excluding diaryl/α,β-unsaturated/α-hetero) is 1. The Morgan fingerprint density at radius 3 is 2.44 bits per heavy atom. The number of pyridine rings is 1. The van der Waals surface area contributed by atoms with Gasteiger partial charge in [0.2, 0.25) is 5.54 Å². The van der Waals surface area contributed by atoms with Crippen LogP contribution in [0.2, 0.25) is 0 Å². The van der Waals surface area contributed by atoms with Gasteiger partial charge in [-0.1, -0.05) is 0 Å². The van der Waals surface area contributed by atoms with Crippen LogP contribution < -0.4 is 11.5 Å². The fourth-order valence-electron chi connectivity index (χ4n) is 2.12. The SMILES string of the molecule is CC(C)(C)OC(=O)[C@](N)(CCCC(N)C(=O)c1cccnc1)C(=O)O. The molecule has 0 spiro atoms. The molecule has 8 heteroatoms. The van der Waals surface area contributed by atoms with E-state index in [-0.39, 0.29) is 25.0 Å². The number of aromatic nitrogens is 1. The van der Waals surface area contributed by atoms with Crippen molar-refractivity contribution in [1.29, 1.82) is 0 Å². The van der Waals surface area contributed by atoms with Crippen LogP contribution in [0.1, 0.15) is 50.4 Å². The fourth-order valence-corrected chi connectivity index (χ4v) is 2.12. The van der Waals surface area contributed by atoms with Crippen molar-refractivity contribution in [1.82, 2.24) is 4.98 Å². The van der Waals surface area contributed by atoms with Crippen LogP contribution in [0.15, 0.2) is 24.5 Å². The van der Waals surface area contributed by atoms with E-state index in [9.17, 15) is 19.5 Å². The highest BCUT2D eigenvalue weighted by Gasteiger charge is 2.45. The molecule has 0 saturated carbocycles. The number of nitrogens with zero attached hydrogens (tertiary/aromatic N) is 1. The molecule has 1 aromatic heterocycles. The third-order valence-corrected chi connectivity index (χ3v) is 3.51. The first-order valence-corrected chi connectivity index (χ1v) is 7.93. The van der Waals surface area contributed by atoms with Gasteiger partial charge in [-0.15, -0.1) is 0 Å². The Hall–Kier alpha value is -2.32. The maximum absolute atomic E-state index is 12.2. The summed E-state index contributed by atoms with van der Waals surface area (Å²) < 4.78 is 5.09. The third kappa shape index (κ3) is 5.91. The number of aliphatic carboxylic acids is 1. The van der Waals surface area contributed by atoms with Crippen molar-refractivity contribution >= 4 is 17.7 Å². The summed E-state index contributed by atoms with van der Waals surface area (Å²) >= 11 is 0. The van der Waals surface area contributed by atoms with E-state index < -0.39 is 29.1 Å². The number of ketones is 1. The Balaban J connectivity index is 2.68. The van der Waals surface area contributed by atoms with Crippen LogP contribution >= 0.6 is 0 Å². The number of carbonyl (C=O) groups excluding carboxylic acids is 2. The standard InChI is InChI=1S/C17H25N3O5/c1-16(2,3)25-15(24)17(19,14(22)23)8-4-7-12(18)13(21)11-6-5-9-20-10-11/h5-6,9-10,12H,4,7-8,18-19H2,1-3H3,(H,22,23)/t12?,17-/m0/s1. The molecule has 0 fully saturated rings. The lowest BCUT2D eigenvalue weighted by atomic mass is 9.91. The number of carboxylic acid groups (broad SMARTS) is 1. The monoisotopic (exact) mass is 351 g/mol. The smallest absolute Gasteiger partial charge is 0.338 e. The number of carbonyl (C=O) groups is 3.